The number of furan rings is 2. The summed E-state index contributed by atoms with van der Waals surface area (Å²) < 4.78 is 16.4. The topological polar surface area (TPSA) is 76.6 Å². The zero-order valence-electron chi connectivity index (χ0n) is 13.7. The number of carbonyl (C=O) groups excluding carboxylic acids is 1. The van der Waals surface area contributed by atoms with Crippen molar-refractivity contribution in [1.82, 2.24) is 5.32 Å². The van der Waals surface area contributed by atoms with Crippen LogP contribution in [0.4, 0.5) is 5.69 Å². The fraction of sp³-hybridized carbons (Fsp3) is 0.0526. The van der Waals surface area contributed by atoms with Gasteiger partial charge in [-0.25, -0.2) is 0 Å². The first-order valence-corrected chi connectivity index (χ1v) is 8.21. The van der Waals surface area contributed by atoms with Crippen LogP contribution in [0.2, 0.25) is 0 Å². The van der Waals surface area contributed by atoms with E-state index in [1.165, 1.54) is 6.26 Å². The molecule has 4 aromatic rings. The predicted octanol–water partition coefficient (Wildman–Crippen LogP) is 4.31. The number of nitrogens with one attached hydrogen (secondary N) is 2. The van der Waals surface area contributed by atoms with Gasteiger partial charge in [0.2, 0.25) is 0 Å². The monoisotopic (exact) mass is 366 g/mol. The summed E-state index contributed by atoms with van der Waals surface area (Å²) in [6.07, 6.45) is 1.42. The molecule has 0 aliphatic rings. The molecule has 0 bridgehead atoms. The number of thiocarbonyl (C=S) groups is 1. The van der Waals surface area contributed by atoms with Gasteiger partial charge in [-0.2, -0.15) is 0 Å². The normalized spacial score (nSPS) is 10.8. The molecule has 4 rings (SSSR count). The molecule has 0 atom stereocenters. The van der Waals surface area contributed by atoms with Crippen molar-refractivity contribution < 1.29 is 18.4 Å². The lowest BCUT2D eigenvalue weighted by Crippen LogP contribution is -2.33. The Morgan fingerprint density at radius 2 is 1.92 bits per heavy atom. The molecule has 6 nitrogen and oxygen atoms in total. The molecule has 0 fully saturated rings. The van der Waals surface area contributed by atoms with Crippen molar-refractivity contribution in [2.24, 2.45) is 0 Å². The Morgan fingerprint density at radius 3 is 2.69 bits per heavy atom. The first kappa shape index (κ1) is 16.2. The van der Waals surface area contributed by atoms with E-state index in [-0.39, 0.29) is 10.9 Å². The molecule has 0 spiro atoms. The molecule has 0 saturated carbocycles. The van der Waals surface area contributed by atoms with Crippen LogP contribution >= 0.6 is 12.2 Å². The number of methoxy groups -OCH3 is 1. The molecule has 26 heavy (non-hydrogen) atoms. The Bertz CT molecular complexity index is 1120. The minimum Gasteiger partial charge on any atom is -0.495 e. The fourth-order valence-corrected chi connectivity index (χ4v) is 2.95. The van der Waals surface area contributed by atoms with Crippen molar-refractivity contribution in [3.8, 4) is 5.75 Å². The summed E-state index contributed by atoms with van der Waals surface area (Å²) in [7, 11) is 1.57. The van der Waals surface area contributed by atoms with Crippen LogP contribution in [0.3, 0.4) is 0 Å². The number of para-hydroxylation sites is 1. The molecule has 2 aromatic heterocycles. The fourth-order valence-electron chi connectivity index (χ4n) is 2.74. The molecular formula is C19H14N2O4S. The number of benzene rings is 2. The average molecular weight is 366 g/mol. The summed E-state index contributed by atoms with van der Waals surface area (Å²) in [4.78, 5) is 12.0. The Hall–Kier alpha value is -3.32. The second-order valence-electron chi connectivity index (χ2n) is 5.53. The first-order valence-electron chi connectivity index (χ1n) is 7.81. The summed E-state index contributed by atoms with van der Waals surface area (Å²) in [5.74, 6) is 0.323. The van der Waals surface area contributed by atoms with Crippen molar-refractivity contribution in [3.63, 3.8) is 0 Å². The van der Waals surface area contributed by atoms with Gasteiger partial charge >= 0.3 is 0 Å². The standard InChI is InChI=1S/C19H14N2O4S/c1-23-17-9-12-11-5-2-3-6-14(11)25-16(12)10-13(17)20-19(26)21-18(22)15-7-4-8-24-15/h2-10H,1H3,(H2,20,21,22,26). The largest absolute Gasteiger partial charge is 0.495 e. The lowest BCUT2D eigenvalue weighted by atomic mass is 10.1. The summed E-state index contributed by atoms with van der Waals surface area (Å²) in [5.41, 5.74) is 2.06. The Labute approximate surface area is 153 Å². The first-order chi connectivity index (χ1) is 12.7. The van der Waals surface area contributed by atoms with Crippen LogP contribution in [-0.2, 0) is 0 Å². The van der Waals surface area contributed by atoms with Gasteiger partial charge in [0.05, 0.1) is 19.1 Å². The average Bonchev–Trinajstić information content (AvgIpc) is 3.28. The molecule has 0 saturated heterocycles. The van der Waals surface area contributed by atoms with Crippen molar-refractivity contribution >= 4 is 50.9 Å². The lowest BCUT2D eigenvalue weighted by molar-refractivity contribution is 0.0950. The number of fused-ring (bicyclic) bond motifs is 3. The quantitative estimate of drug-likeness (QED) is 0.526. The van der Waals surface area contributed by atoms with E-state index in [2.05, 4.69) is 10.6 Å². The molecule has 0 aliphatic carbocycles. The van der Waals surface area contributed by atoms with E-state index in [0.717, 1.165) is 16.4 Å². The van der Waals surface area contributed by atoms with Gasteiger partial charge in [-0.3, -0.25) is 10.1 Å². The van der Waals surface area contributed by atoms with Crippen molar-refractivity contribution in [2.75, 3.05) is 12.4 Å². The molecule has 0 unspecified atom stereocenters. The molecule has 0 aliphatic heterocycles. The van der Waals surface area contributed by atoms with Crippen molar-refractivity contribution in [3.05, 3.63) is 60.6 Å². The Morgan fingerprint density at radius 1 is 1.08 bits per heavy atom. The highest BCUT2D eigenvalue weighted by Crippen LogP contribution is 2.36. The van der Waals surface area contributed by atoms with Crippen LogP contribution in [0.5, 0.6) is 5.75 Å². The number of carbonyl (C=O) groups is 1. The number of rotatable bonds is 3. The van der Waals surface area contributed by atoms with Crippen LogP contribution in [0.1, 0.15) is 10.6 Å². The molecule has 7 heteroatoms. The van der Waals surface area contributed by atoms with E-state index in [0.29, 0.717) is 17.0 Å². The maximum atomic E-state index is 12.0. The number of hydrogen-bond donors (Lipinski definition) is 2. The summed E-state index contributed by atoms with van der Waals surface area (Å²) >= 11 is 5.21. The highest BCUT2D eigenvalue weighted by molar-refractivity contribution is 7.80. The summed E-state index contributed by atoms with van der Waals surface area (Å²) in [6, 6.07) is 14.6. The molecule has 0 radical (unpaired) electrons. The molecule has 1 amide bonds. The third-order valence-corrected chi connectivity index (χ3v) is 4.12. The van der Waals surface area contributed by atoms with Gasteiger partial charge in [-0.1, -0.05) is 18.2 Å². The van der Waals surface area contributed by atoms with E-state index >= 15 is 0 Å². The molecule has 2 aromatic carbocycles. The second kappa shape index (κ2) is 6.53. The highest BCUT2D eigenvalue weighted by atomic mass is 32.1. The van der Waals surface area contributed by atoms with E-state index in [1.54, 1.807) is 25.3 Å². The van der Waals surface area contributed by atoms with E-state index < -0.39 is 5.91 Å². The summed E-state index contributed by atoms with van der Waals surface area (Å²) in [6.45, 7) is 0. The molecule has 2 heterocycles. The maximum absolute atomic E-state index is 12.0. The Balaban J connectivity index is 1.64. The highest BCUT2D eigenvalue weighted by Gasteiger charge is 2.15. The lowest BCUT2D eigenvalue weighted by Gasteiger charge is -2.12. The minimum atomic E-state index is -0.434. The van der Waals surface area contributed by atoms with Gasteiger partial charge in [0.25, 0.3) is 5.91 Å². The third kappa shape index (κ3) is 2.89. The molecule has 130 valence electrons. The zero-order chi connectivity index (χ0) is 18.1. The van der Waals surface area contributed by atoms with Crippen molar-refractivity contribution in [1.29, 1.82) is 0 Å². The van der Waals surface area contributed by atoms with Crippen LogP contribution in [-0.4, -0.2) is 18.1 Å². The van der Waals surface area contributed by atoms with E-state index in [9.17, 15) is 4.79 Å². The maximum Gasteiger partial charge on any atom is 0.293 e. The molecular weight excluding hydrogens is 352 g/mol. The van der Waals surface area contributed by atoms with Crippen molar-refractivity contribution in [2.45, 2.75) is 0 Å². The van der Waals surface area contributed by atoms with Gasteiger partial charge in [0, 0.05) is 16.8 Å². The van der Waals surface area contributed by atoms with Gasteiger partial charge in [-0.05, 0) is 36.5 Å². The summed E-state index contributed by atoms with van der Waals surface area (Å²) in [5, 5.41) is 7.59. The van der Waals surface area contributed by atoms with Gasteiger partial charge in [0.1, 0.15) is 16.9 Å². The van der Waals surface area contributed by atoms with Crippen LogP contribution in [0.25, 0.3) is 21.9 Å². The van der Waals surface area contributed by atoms with Crippen LogP contribution in [0, 0.1) is 0 Å². The second-order valence-corrected chi connectivity index (χ2v) is 5.94. The van der Waals surface area contributed by atoms with Gasteiger partial charge in [0.15, 0.2) is 10.9 Å². The van der Waals surface area contributed by atoms with Gasteiger partial charge < -0.3 is 18.9 Å². The number of hydrogen-bond acceptors (Lipinski definition) is 5. The number of amides is 1. The van der Waals surface area contributed by atoms with Gasteiger partial charge in [-0.15, -0.1) is 0 Å². The Kier molecular flexibility index (Phi) is 4.06. The smallest absolute Gasteiger partial charge is 0.293 e. The van der Waals surface area contributed by atoms with E-state index in [1.807, 2.05) is 30.3 Å². The molecule has 2 N–H and O–H groups in total. The van der Waals surface area contributed by atoms with Crippen LogP contribution < -0.4 is 15.4 Å². The van der Waals surface area contributed by atoms with Crippen LogP contribution in [0.15, 0.2) is 63.6 Å². The number of anilines is 1. The minimum absolute atomic E-state index is 0.125. The number of ether oxygens (including phenoxy) is 1. The third-order valence-electron chi connectivity index (χ3n) is 3.92. The van der Waals surface area contributed by atoms with E-state index in [4.69, 9.17) is 25.8 Å². The predicted molar refractivity (Wildman–Crippen MR) is 103 cm³/mol. The zero-order valence-corrected chi connectivity index (χ0v) is 14.6. The SMILES string of the molecule is COc1cc2c(cc1NC(=S)NC(=O)c1ccco1)oc1ccccc12.